The van der Waals surface area contributed by atoms with E-state index in [-0.39, 0.29) is 23.8 Å². The summed E-state index contributed by atoms with van der Waals surface area (Å²) in [5.74, 6) is 0.390. The molecule has 0 aliphatic carbocycles. The fourth-order valence-corrected chi connectivity index (χ4v) is 2.34. The molecule has 6 nitrogen and oxygen atoms in total. The lowest BCUT2D eigenvalue weighted by molar-refractivity contribution is -0.137. The highest BCUT2D eigenvalue weighted by atomic mass is 19.4. The molecule has 0 atom stereocenters. The maximum Gasteiger partial charge on any atom is 0.417 e. The lowest BCUT2D eigenvalue weighted by Crippen LogP contribution is -2.28. The standard InChI is InChI=1S/C20H18F3N3O3/c1-3-25-19(27)12-29-17-7-4-13(9-18(17)28-2)8-14(10-24)16-6-5-15(11-26-16)20(21,22)23/h4-9,11H,3,12H2,1-2H3,(H,25,27)/b14-8+. The average Bonchev–Trinajstić information content (AvgIpc) is 2.70. The Hall–Kier alpha value is -3.54. The van der Waals surface area contributed by atoms with E-state index >= 15 is 0 Å². The van der Waals surface area contributed by atoms with Crippen molar-refractivity contribution in [1.29, 1.82) is 5.26 Å². The van der Waals surface area contributed by atoms with Gasteiger partial charge in [-0.15, -0.1) is 0 Å². The normalized spacial score (nSPS) is 11.5. The number of methoxy groups -OCH3 is 1. The van der Waals surface area contributed by atoms with Gasteiger partial charge in [0, 0.05) is 12.7 Å². The van der Waals surface area contributed by atoms with E-state index in [2.05, 4.69) is 10.3 Å². The van der Waals surface area contributed by atoms with Gasteiger partial charge in [-0.05, 0) is 42.8 Å². The zero-order valence-corrected chi connectivity index (χ0v) is 15.7. The van der Waals surface area contributed by atoms with Gasteiger partial charge in [-0.1, -0.05) is 6.07 Å². The number of benzene rings is 1. The van der Waals surface area contributed by atoms with E-state index in [0.717, 1.165) is 12.1 Å². The van der Waals surface area contributed by atoms with Gasteiger partial charge in [0.25, 0.3) is 5.91 Å². The van der Waals surface area contributed by atoms with E-state index in [0.29, 0.717) is 29.8 Å². The number of pyridine rings is 1. The first-order valence-corrected chi connectivity index (χ1v) is 8.51. The van der Waals surface area contributed by atoms with Crippen molar-refractivity contribution in [2.24, 2.45) is 0 Å². The Morgan fingerprint density at radius 3 is 2.59 bits per heavy atom. The molecule has 0 fully saturated rings. The first kappa shape index (κ1) is 21.8. The van der Waals surface area contributed by atoms with Gasteiger partial charge < -0.3 is 14.8 Å². The topological polar surface area (TPSA) is 84.2 Å². The van der Waals surface area contributed by atoms with Crippen molar-refractivity contribution >= 4 is 17.6 Å². The number of carbonyl (C=O) groups excluding carboxylic acids is 1. The van der Waals surface area contributed by atoms with Crippen LogP contribution in [0.5, 0.6) is 11.5 Å². The number of nitrogens with zero attached hydrogens (tertiary/aromatic N) is 2. The van der Waals surface area contributed by atoms with Crippen LogP contribution in [0.4, 0.5) is 13.2 Å². The molecule has 0 radical (unpaired) electrons. The number of amides is 1. The number of hydrogen-bond donors (Lipinski definition) is 1. The number of nitriles is 1. The lowest BCUT2D eigenvalue weighted by atomic mass is 10.1. The zero-order valence-electron chi connectivity index (χ0n) is 15.7. The van der Waals surface area contributed by atoms with Crippen LogP contribution in [-0.2, 0) is 11.0 Å². The summed E-state index contributed by atoms with van der Waals surface area (Å²) in [6.45, 7) is 2.09. The first-order chi connectivity index (χ1) is 13.8. The van der Waals surface area contributed by atoms with Gasteiger partial charge >= 0.3 is 6.18 Å². The van der Waals surface area contributed by atoms with Gasteiger partial charge in [-0.25, -0.2) is 0 Å². The van der Waals surface area contributed by atoms with Gasteiger partial charge in [0.15, 0.2) is 18.1 Å². The second-order valence-corrected chi connectivity index (χ2v) is 5.75. The second kappa shape index (κ2) is 9.59. The van der Waals surface area contributed by atoms with Gasteiger partial charge in [-0.2, -0.15) is 18.4 Å². The molecule has 0 aliphatic heterocycles. The third-order valence-corrected chi connectivity index (χ3v) is 3.72. The van der Waals surface area contributed by atoms with Crippen LogP contribution in [0.2, 0.25) is 0 Å². The van der Waals surface area contributed by atoms with Gasteiger partial charge in [0.2, 0.25) is 0 Å². The van der Waals surface area contributed by atoms with Crippen molar-refractivity contribution in [3.05, 3.63) is 53.3 Å². The summed E-state index contributed by atoms with van der Waals surface area (Å²) in [5.41, 5.74) is -0.160. The zero-order chi connectivity index (χ0) is 21.4. The maximum absolute atomic E-state index is 12.7. The molecule has 0 aliphatic rings. The van der Waals surface area contributed by atoms with Crippen molar-refractivity contribution in [2.45, 2.75) is 13.1 Å². The third kappa shape index (κ3) is 5.97. The SMILES string of the molecule is CCNC(=O)COc1ccc(/C=C(\C#N)c2ccc(C(F)(F)F)cn2)cc1OC. The Morgan fingerprint density at radius 2 is 2.03 bits per heavy atom. The maximum atomic E-state index is 12.7. The summed E-state index contributed by atoms with van der Waals surface area (Å²) in [6.07, 6.45) is -2.36. The van der Waals surface area contributed by atoms with Crippen molar-refractivity contribution in [3.8, 4) is 17.6 Å². The van der Waals surface area contributed by atoms with Crippen molar-refractivity contribution in [3.63, 3.8) is 0 Å². The van der Waals surface area contributed by atoms with Crippen LogP contribution in [0.1, 0.15) is 23.7 Å². The quantitative estimate of drug-likeness (QED) is 0.711. The van der Waals surface area contributed by atoms with Gasteiger partial charge in [0.1, 0.15) is 6.07 Å². The molecule has 1 amide bonds. The Kier molecular flexibility index (Phi) is 7.20. The van der Waals surface area contributed by atoms with Gasteiger partial charge in [0.05, 0.1) is 23.9 Å². The molecule has 1 N–H and O–H groups in total. The molecule has 1 aromatic carbocycles. The minimum atomic E-state index is -4.50. The Morgan fingerprint density at radius 1 is 1.28 bits per heavy atom. The van der Waals surface area contributed by atoms with E-state index in [4.69, 9.17) is 9.47 Å². The molecular weight excluding hydrogens is 387 g/mol. The molecule has 1 aromatic heterocycles. The fourth-order valence-electron chi connectivity index (χ4n) is 2.34. The minimum absolute atomic E-state index is 0.0803. The second-order valence-electron chi connectivity index (χ2n) is 5.75. The first-order valence-electron chi connectivity index (χ1n) is 8.51. The molecule has 29 heavy (non-hydrogen) atoms. The molecule has 2 aromatic rings. The highest BCUT2D eigenvalue weighted by molar-refractivity contribution is 5.88. The fraction of sp³-hybridized carbons (Fsp3) is 0.250. The number of ether oxygens (including phenoxy) is 2. The largest absolute Gasteiger partial charge is 0.493 e. The van der Waals surface area contributed by atoms with Crippen LogP contribution < -0.4 is 14.8 Å². The summed E-state index contributed by atoms with van der Waals surface area (Å²) >= 11 is 0. The number of allylic oxidation sites excluding steroid dienone is 1. The number of aromatic nitrogens is 1. The summed E-state index contributed by atoms with van der Waals surface area (Å²) in [6, 6.07) is 8.70. The molecule has 1 heterocycles. The minimum Gasteiger partial charge on any atom is -0.493 e. The van der Waals surface area contributed by atoms with E-state index in [9.17, 15) is 23.2 Å². The van der Waals surface area contributed by atoms with Gasteiger partial charge in [-0.3, -0.25) is 9.78 Å². The number of nitrogens with one attached hydrogen (secondary N) is 1. The van der Waals surface area contributed by atoms with E-state index in [1.165, 1.54) is 13.2 Å². The molecule has 152 valence electrons. The molecule has 0 bridgehead atoms. The highest BCUT2D eigenvalue weighted by Gasteiger charge is 2.30. The van der Waals surface area contributed by atoms with Crippen LogP contribution in [-0.4, -0.2) is 31.2 Å². The predicted molar refractivity (Wildman–Crippen MR) is 99.9 cm³/mol. The molecular formula is C20H18F3N3O3. The number of carbonyl (C=O) groups is 1. The van der Waals surface area contributed by atoms with Crippen LogP contribution in [0.3, 0.4) is 0 Å². The molecule has 0 unspecified atom stereocenters. The molecule has 2 rings (SSSR count). The van der Waals surface area contributed by atoms with Crippen LogP contribution in [0.15, 0.2) is 36.5 Å². The summed E-state index contributed by atoms with van der Waals surface area (Å²) in [5, 5.41) is 12.0. The predicted octanol–water partition coefficient (Wildman–Crippen LogP) is 3.69. The number of hydrogen-bond acceptors (Lipinski definition) is 5. The Labute approximate surface area is 165 Å². The van der Waals surface area contributed by atoms with E-state index in [1.807, 2.05) is 6.07 Å². The highest BCUT2D eigenvalue weighted by Crippen LogP contribution is 2.31. The molecule has 0 spiro atoms. The number of rotatable bonds is 7. The number of likely N-dealkylation sites (N-methyl/N-ethyl adjacent to an activating group) is 1. The Bertz CT molecular complexity index is 933. The summed E-state index contributed by atoms with van der Waals surface area (Å²) < 4.78 is 48.6. The Balaban J connectivity index is 2.25. The smallest absolute Gasteiger partial charge is 0.417 e. The molecule has 0 saturated carbocycles. The molecule has 9 heteroatoms. The van der Waals surface area contributed by atoms with Crippen LogP contribution >= 0.6 is 0 Å². The summed E-state index contributed by atoms with van der Waals surface area (Å²) in [4.78, 5) is 15.2. The van der Waals surface area contributed by atoms with Crippen LogP contribution in [0.25, 0.3) is 11.6 Å². The van der Waals surface area contributed by atoms with E-state index in [1.54, 1.807) is 25.1 Å². The number of alkyl halides is 3. The van der Waals surface area contributed by atoms with Crippen molar-refractivity contribution < 1.29 is 27.4 Å². The average molecular weight is 405 g/mol. The van der Waals surface area contributed by atoms with Crippen molar-refractivity contribution in [1.82, 2.24) is 10.3 Å². The van der Waals surface area contributed by atoms with Crippen molar-refractivity contribution in [2.75, 3.05) is 20.3 Å². The lowest BCUT2D eigenvalue weighted by Gasteiger charge is -2.11. The van der Waals surface area contributed by atoms with Crippen LogP contribution in [0, 0.1) is 11.3 Å². The molecule has 0 saturated heterocycles. The number of halogens is 3. The third-order valence-electron chi connectivity index (χ3n) is 3.72. The van der Waals surface area contributed by atoms with E-state index < -0.39 is 11.7 Å². The monoisotopic (exact) mass is 405 g/mol. The summed E-state index contributed by atoms with van der Waals surface area (Å²) in [7, 11) is 1.42.